The molecule has 0 rings (SSSR count). The highest BCUT2D eigenvalue weighted by molar-refractivity contribution is 5.75. The molecule has 3 heteroatoms. The van der Waals surface area contributed by atoms with Crippen LogP contribution in [0.5, 0.6) is 0 Å². The van der Waals surface area contributed by atoms with Gasteiger partial charge in [-0.25, -0.2) is 4.79 Å². The Morgan fingerprint density at radius 2 is 2.00 bits per heavy atom. The summed E-state index contributed by atoms with van der Waals surface area (Å²) in [5.41, 5.74) is 0.925. The van der Waals surface area contributed by atoms with Crippen molar-refractivity contribution >= 4 is 5.97 Å². The smallest absolute Gasteiger partial charge is 0.328 e. The average molecular weight is 227 g/mol. The van der Waals surface area contributed by atoms with E-state index in [0.29, 0.717) is 6.61 Å². The molecule has 0 radical (unpaired) electrons. The zero-order valence-corrected chi connectivity index (χ0v) is 11.1. The van der Waals surface area contributed by atoms with E-state index in [1.165, 1.54) is 0 Å². The van der Waals surface area contributed by atoms with Gasteiger partial charge in [-0.1, -0.05) is 26.8 Å². The van der Waals surface area contributed by atoms with Crippen LogP contribution in [-0.4, -0.2) is 30.1 Å². The van der Waals surface area contributed by atoms with Gasteiger partial charge in [0.2, 0.25) is 0 Å². The van der Waals surface area contributed by atoms with Gasteiger partial charge >= 0.3 is 5.97 Å². The van der Waals surface area contributed by atoms with Crippen LogP contribution < -0.4 is 0 Å². The molecule has 1 unspecified atom stereocenters. The Hall–Kier alpha value is -0.990. The van der Waals surface area contributed by atoms with Gasteiger partial charge in [-0.2, -0.15) is 0 Å². The van der Waals surface area contributed by atoms with Crippen molar-refractivity contribution in [3.8, 4) is 0 Å². The van der Waals surface area contributed by atoms with Gasteiger partial charge in [-0.3, -0.25) is 0 Å². The maximum absolute atomic E-state index is 11.7. The van der Waals surface area contributed by atoms with Crippen molar-refractivity contribution in [2.45, 2.75) is 53.0 Å². The first kappa shape index (κ1) is 15.0. The van der Waals surface area contributed by atoms with Gasteiger partial charge in [0.05, 0.1) is 6.61 Å². The fraction of sp³-hybridized carbons (Fsp3) is 0.769. The van der Waals surface area contributed by atoms with Crippen LogP contribution >= 0.6 is 0 Å². The van der Waals surface area contributed by atoms with Crippen LogP contribution in [0.1, 0.15) is 47.0 Å². The molecular formula is C13H25NO2. The minimum atomic E-state index is -0.226. The Kier molecular flexibility index (Phi) is 7.69. The number of esters is 1. The molecule has 1 atom stereocenters. The highest BCUT2D eigenvalue weighted by atomic mass is 16.5. The van der Waals surface area contributed by atoms with E-state index in [-0.39, 0.29) is 12.0 Å². The molecule has 0 aliphatic carbocycles. The van der Waals surface area contributed by atoms with E-state index in [9.17, 15) is 4.79 Å². The van der Waals surface area contributed by atoms with Crippen LogP contribution in [0.4, 0.5) is 0 Å². The molecule has 0 N–H and O–H groups in total. The second-order valence-electron chi connectivity index (χ2n) is 4.13. The summed E-state index contributed by atoms with van der Waals surface area (Å²) in [6, 6.07) is -0.226. The first-order valence-corrected chi connectivity index (χ1v) is 6.13. The van der Waals surface area contributed by atoms with Gasteiger partial charge in [-0.05, 0) is 26.7 Å². The standard InChI is InChI=1S/C13H25NO2/c1-6-8-9-14(11(3)4)12(5)13(15)16-10-7-2/h12H,3,6-10H2,1-2,4-5H3. The lowest BCUT2D eigenvalue weighted by Gasteiger charge is -2.29. The van der Waals surface area contributed by atoms with Crippen molar-refractivity contribution in [3.05, 3.63) is 12.3 Å². The molecule has 0 fully saturated rings. The second-order valence-corrected chi connectivity index (χ2v) is 4.13. The number of carbonyl (C=O) groups is 1. The highest BCUT2D eigenvalue weighted by Crippen LogP contribution is 2.10. The Labute approximate surface area is 99.5 Å². The summed E-state index contributed by atoms with van der Waals surface area (Å²) in [6.07, 6.45) is 3.04. The van der Waals surface area contributed by atoms with E-state index in [0.717, 1.165) is 31.5 Å². The molecular weight excluding hydrogens is 202 g/mol. The number of unbranched alkanes of at least 4 members (excludes halogenated alkanes) is 1. The number of hydrogen-bond donors (Lipinski definition) is 0. The number of nitrogens with zero attached hydrogens (tertiary/aromatic N) is 1. The topological polar surface area (TPSA) is 29.5 Å². The number of allylic oxidation sites excluding steroid dienone is 1. The number of carbonyl (C=O) groups excluding carboxylic acids is 1. The number of rotatable bonds is 8. The Morgan fingerprint density at radius 1 is 1.38 bits per heavy atom. The van der Waals surface area contributed by atoms with Crippen molar-refractivity contribution < 1.29 is 9.53 Å². The Balaban J connectivity index is 4.30. The molecule has 0 aromatic heterocycles. The predicted octanol–water partition coefficient (Wildman–Crippen LogP) is 2.96. The molecule has 0 saturated carbocycles. The van der Waals surface area contributed by atoms with Gasteiger partial charge in [0.1, 0.15) is 6.04 Å². The fourth-order valence-electron chi connectivity index (χ4n) is 1.49. The Bertz CT molecular complexity index is 226. The van der Waals surface area contributed by atoms with Crippen molar-refractivity contribution in [2.24, 2.45) is 0 Å². The predicted molar refractivity (Wildman–Crippen MR) is 67.1 cm³/mol. The maximum atomic E-state index is 11.7. The lowest BCUT2D eigenvalue weighted by molar-refractivity contribution is -0.148. The van der Waals surface area contributed by atoms with Gasteiger partial charge in [0.15, 0.2) is 0 Å². The van der Waals surface area contributed by atoms with E-state index in [2.05, 4.69) is 13.5 Å². The van der Waals surface area contributed by atoms with E-state index in [1.807, 2.05) is 25.7 Å². The summed E-state index contributed by atoms with van der Waals surface area (Å²) in [7, 11) is 0. The normalized spacial score (nSPS) is 12.0. The van der Waals surface area contributed by atoms with Gasteiger partial charge in [0, 0.05) is 12.2 Å². The lowest BCUT2D eigenvalue weighted by atomic mass is 10.2. The van der Waals surface area contributed by atoms with Crippen LogP contribution in [0.15, 0.2) is 12.3 Å². The molecule has 0 amide bonds. The van der Waals surface area contributed by atoms with Crippen molar-refractivity contribution in [2.75, 3.05) is 13.2 Å². The molecule has 0 saturated heterocycles. The molecule has 0 spiro atoms. The second kappa shape index (κ2) is 8.20. The minimum absolute atomic E-state index is 0.152. The summed E-state index contributed by atoms with van der Waals surface area (Å²) in [4.78, 5) is 13.7. The van der Waals surface area contributed by atoms with Gasteiger partial charge < -0.3 is 9.64 Å². The molecule has 0 aliphatic rings. The van der Waals surface area contributed by atoms with Crippen LogP contribution in [0.25, 0.3) is 0 Å². The monoisotopic (exact) mass is 227 g/mol. The molecule has 94 valence electrons. The third kappa shape index (κ3) is 5.19. The maximum Gasteiger partial charge on any atom is 0.328 e. The summed E-state index contributed by atoms with van der Waals surface area (Å²) in [5.74, 6) is -0.152. The van der Waals surface area contributed by atoms with Gasteiger partial charge in [0.25, 0.3) is 0 Å². The van der Waals surface area contributed by atoms with Crippen LogP contribution in [0, 0.1) is 0 Å². The highest BCUT2D eigenvalue weighted by Gasteiger charge is 2.21. The molecule has 0 aromatic carbocycles. The minimum Gasteiger partial charge on any atom is -0.464 e. The van der Waals surface area contributed by atoms with E-state index >= 15 is 0 Å². The quantitative estimate of drug-likeness (QED) is 0.597. The number of ether oxygens (including phenoxy) is 1. The summed E-state index contributed by atoms with van der Waals surface area (Å²) in [5, 5.41) is 0. The van der Waals surface area contributed by atoms with E-state index < -0.39 is 0 Å². The largest absolute Gasteiger partial charge is 0.464 e. The molecule has 0 aliphatic heterocycles. The summed E-state index contributed by atoms with van der Waals surface area (Å²) < 4.78 is 5.14. The summed E-state index contributed by atoms with van der Waals surface area (Å²) in [6.45, 7) is 13.2. The third-order valence-corrected chi connectivity index (χ3v) is 2.50. The van der Waals surface area contributed by atoms with Gasteiger partial charge in [-0.15, -0.1) is 0 Å². The molecule has 0 bridgehead atoms. The Morgan fingerprint density at radius 3 is 2.44 bits per heavy atom. The zero-order valence-electron chi connectivity index (χ0n) is 11.1. The number of hydrogen-bond acceptors (Lipinski definition) is 3. The van der Waals surface area contributed by atoms with E-state index in [1.54, 1.807) is 0 Å². The zero-order chi connectivity index (χ0) is 12.6. The van der Waals surface area contributed by atoms with Crippen LogP contribution in [0.2, 0.25) is 0 Å². The lowest BCUT2D eigenvalue weighted by Crippen LogP contribution is -2.39. The molecule has 16 heavy (non-hydrogen) atoms. The first-order valence-electron chi connectivity index (χ1n) is 6.13. The summed E-state index contributed by atoms with van der Waals surface area (Å²) >= 11 is 0. The van der Waals surface area contributed by atoms with Crippen molar-refractivity contribution in [1.82, 2.24) is 4.90 Å². The molecule has 3 nitrogen and oxygen atoms in total. The molecule has 0 aromatic rings. The van der Waals surface area contributed by atoms with Crippen molar-refractivity contribution in [1.29, 1.82) is 0 Å². The first-order chi connectivity index (χ1) is 7.54. The van der Waals surface area contributed by atoms with E-state index in [4.69, 9.17) is 4.74 Å². The third-order valence-electron chi connectivity index (χ3n) is 2.50. The van der Waals surface area contributed by atoms with Crippen molar-refractivity contribution in [3.63, 3.8) is 0 Å². The SMILES string of the molecule is C=C(C)N(CCCC)C(C)C(=O)OCCC. The fourth-order valence-corrected chi connectivity index (χ4v) is 1.49. The van der Waals surface area contributed by atoms with Crippen LogP contribution in [-0.2, 0) is 9.53 Å². The van der Waals surface area contributed by atoms with Crippen LogP contribution in [0.3, 0.4) is 0 Å². The molecule has 0 heterocycles. The average Bonchev–Trinajstić information content (AvgIpc) is 2.25.